The van der Waals surface area contributed by atoms with E-state index in [-0.39, 0.29) is 5.91 Å². The van der Waals surface area contributed by atoms with Crippen molar-refractivity contribution in [3.8, 4) is 0 Å². The summed E-state index contributed by atoms with van der Waals surface area (Å²) in [5.74, 6) is 2.34. The highest BCUT2D eigenvalue weighted by Crippen LogP contribution is 2.22. The number of benzene rings is 1. The van der Waals surface area contributed by atoms with E-state index in [0.717, 1.165) is 30.9 Å². The summed E-state index contributed by atoms with van der Waals surface area (Å²) < 4.78 is 0. The molecule has 0 spiro atoms. The van der Waals surface area contributed by atoms with Crippen molar-refractivity contribution in [1.82, 2.24) is 15.6 Å². The van der Waals surface area contributed by atoms with E-state index in [0.29, 0.717) is 19.0 Å². The number of H-pyrrole nitrogens is 1. The highest BCUT2D eigenvalue weighted by atomic mass is 32.2. The van der Waals surface area contributed by atoms with Gasteiger partial charge in [-0.25, -0.2) is 0 Å². The number of para-hydroxylation sites is 1. The first-order chi connectivity index (χ1) is 11.3. The zero-order chi connectivity index (χ0) is 16.1. The van der Waals surface area contributed by atoms with Gasteiger partial charge in [-0.1, -0.05) is 25.1 Å². The highest BCUT2D eigenvalue weighted by molar-refractivity contribution is 7.99. The molecule has 1 saturated heterocycles. The quantitative estimate of drug-likeness (QED) is 0.762. The summed E-state index contributed by atoms with van der Waals surface area (Å²) in [7, 11) is 0. The first kappa shape index (κ1) is 16.4. The van der Waals surface area contributed by atoms with Crippen LogP contribution in [0.25, 0.3) is 10.9 Å². The van der Waals surface area contributed by atoms with Gasteiger partial charge in [0.05, 0.1) is 0 Å². The summed E-state index contributed by atoms with van der Waals surface area (Å²) in [6, 6.07) is 6.77. The molecular weight excluding hydrogens is 306 g/mol. The van der Waals surface area contributed by atoms with Gasteiger partial charge >= 0.3 is 0 Å². The lowest BCUT2D eigenvalue weighted by Gasteiger charge is -2.22. The average Bonchev–Trinajstić information content (AvgIpc) is 2.99. The van der Waals surface area contributed by atoms with Crippen molar-refractivity contribution in [2.45, 2.75) is 32.2 Å². The molecule has 1 aromatic heterocycles. The molecule has 0 radical (unpaired) electrons. The lowest BCUT2D eigenvalue weighted by atomic mass is 10.1. The van der Waals surface area contributed by atoms with Crippen molar-refractivity contribution >= 4 is 28.6 Å². The van der Waals surface area contributed by atoms with Crippen LogP contribution in [-0.4, -0.2) is 41.5 Å². The second-order valence-electron chi connectivity index (χ2n) is 6.04. The number of amides is 1. The molecule has 2 heterocycles. The van der Waals surface area contributed by atoms with E-state index in [1.807, 2.05) is 11.8 Å². The van der Waals surface area contributed by atoms with Crippen LogP contribution in [0, 0.1) is 0 Å². The lowest BCUT2D eigenvalue weighted by Crippen LogP contribution is -2.41. The third-order valence-electron chi connectivity index (χ3n) is 4.42. The van der Waals surface area contributed by atoms with E-state index >= 15 is 0 Å². The number of carbonyl (C=O) groups excluding carboxylic acids is 1. The van der Waals surface area contributed by atoms with Crippen LogP contribution in [0.1, 0.15) is 24.5 Å². The number of hydrogen-bond donors (Lipinski definition) is 3. The Morgan fingerprint density at radius 3 is 3.09 bits per heavy atom. The molecule has 3 rings (SSSR count). The molecule has 1 fully saturated rings. The third kappa shape index (κ3) is 4.09. The van der Waals surface area contributed by atoms with Crippen LogP contribution in [-0.2, 0) is 17.6 Å². The number of rotatable bonds is 6. The Morgan fingerprint density at radius 1 is 1.39 bits per heavy atom. The standard InChI is InChI=1S/C18H25N3OS/c1-2-13-4-3-5-16-14(11-21-18(13)16)6-7-20-17(22)10-15-12-23-9-8-19-15/h3-5,11,15,19,21H,2,6-10,12H2,1H3,(H,20,22). The van der Waals surface area contributed by atoms with Gasteiger partial charge < -0.3 is 15.6 Å². The van der Waals surface area contributed by atoms with Gasteiger partial charge in [0.1, 0.15) is 0 Å². The molecule has 1 atom stereocenters. The zero-order valence-corrected chi connectivity index (χ0v) is 14.5. The van der Waals surface area contributed by atoms with E-state index in [9.17, 15) is 4.79 Å². The molecule has 4 nitrogen and oxygen atoms in total. The maximum absolute atomic E-state index is 12.0. The predicted octanol–water partition coefficient (Wildman–Crippen LogP) is 2.48. The van der Waals surface area contributed by atoms with Crippen LogP contribution in [0.15, 0.2) is 24.4 Å². The normalized spacial score (nSPS) is 18.2. The molecule has 0 aliphatic carbocycles. The number of aromatic nitrogens is 1. The minimum atomic E-state index is 0.152. The van der Waals surface area contributed by atoms with Gasteiger partial charge in [0.15, 0.2) is 0 Å². The van der Waals surface area contributed by atoms with Gasteiger partial charge in [-0.15, -0.1) is 0 Å². The molecule has 124 valence electrons. The summed E-state index contributed by atoms with van der Waals surface area (Å²) in [5.41, 5.74) is 3.86. The first-order valence-electron chi connectivity index (χ1n) is 8.43. The number of aromatic amines is 1. The SMILES string of the molecule is CCc1cccc2c(CCNC(=O)CC3CSCCN3)c[nH]c12. The molecule has 2 aromatic rings. The van der Waals surface area contributed by atoms with Crippen molar-refractivity contribution in [2.75, 3.05) is 24.6 Å². The summed E-state index contributed by atoms with van der Waals surface area (Å²) in [5, 5.41) is 7.75. The molecular formula is C18H25N3OS. The minimum Gasteiger partial charge on any atom is -0.361 e. The van der Waals surface area contributed by atoms with E-state index in [1.54, 1.807) is 0 Å². The van der Waals surface area contributed by atoms with E-state index in [2.05, 4.69) is 46.9 Å². The number of fused-ring (bicyclic) bond motifs is 1. The Labute approximate surface area is 141 Å². The van der Waals surface area contributed by atoms with Crippen molar-refractivity contribution in [3.05, 3.63) is 35.5 Å². The first-order valence-corrected chi connectivity index (χ1v) is 9.59. The van der Waals surface area contributed by atoms with E-state index < -0.39 is 0 Å². The smallest absolute Gasteiger partial charge is 0.221 e. The van der Waals surface area contributed by atoms with Gasteiger partial charge in [-0.3, -0.25) is 4.79 Å². The second kappa shape index (κ2) is 7.88. The van der Waals surface area contributed by atoms with Crippen LogP contribution >= 0.6 is 11.8 Å². The maximum atomic E-state index is 12.0. The topological polar surface area (TPSA) is 56.9 Å². The summed E-state index contributed by atoms with van der Waals surface area (Å²) >= 11 is 1.93. The molecule has 1 unspecified atom stereocenters. The zero-order valence-electron chi connectivity index (χ0n) is 13.7. The number of aryl methyl sites for hydroxylation is 1. The number of carbonyl (C=O) groups is 1. The van der Waals surface area contributed by atoms with Crippen molar-refractivity contribution in [2.24, 2.45) is 0 Å². The van der Waals surface area contributed by atoms with Gasteiger partial charge in [-0.2, -0.15) is 11.8 Å². The van der Waals surface area contributed by atoms with E-state index in [1.165, 1.54) is 22.0 Å². The van der Waals surface area contributed by atoms with Crippen LogP contribution < -0.4 is 10.6 Å². The highest BCUT2D eigenvalue weighted by Gasteiger charge is 2.16. The predicted molar refractivity (Wildman–Crippen MR) is 98.1 cm³/mol. The molecule has 0 bridgehead atoms. The molecule has 1 aromatic carbocycles. The third-order valence-corrected chi connectivity index (χ3v) is 5.55. The fourth-order valence-corrected chi connectivity index (χ4v) is 4.11. The van der Waals surface area contributed by atoms with Crippen LogP contribution in [0.4, 0.5) is 0 Å². The fourth-order valence-electron chi connectivity index (χ4n) is 3.16. The summed E-state index contributed by atoms with van der Waals surface area (Å²) in [6.07, 6.45) is 4.56. The van der Waals surface area contributed by atoms with Crippen molar-refractivity contribution in [3.63, 3.8) is 0 Å². The Morgan fingerprint density at radius 2 is 2.30 bits per heavy atom. The molecule has 23 heavy (non-hydrogen) atoms. The van der Waals surface area contributed by atoms with Gasteiger partial charge in [0.2, 0.25) is 5.91 Å². The fraction of sp³-hybridized carbons (Fsp3) is 0.500. The van der Waals surface area contributed by atoms with Gasteiger partial charge in [-0.05, 0) is 24.0 Å². The monoisotopic (exact) mass is 331 g/mol. The Balaban J connectivity index is 1.51. The number of thioether (sulfide) groups is 1. The number of hydrogen-bond acceptors (Lipinski definition) is 3. The van der Waals surface area contributed by atoms with Crippen LogP contribution in [0.2, 0.25) is 0 Å². The Bertz CT molecular complexity index is 661. The van der Waals surface area contributed by atoms with Gasteiger partial charge in [0.25, 0.3) is 0 Å². The molecule has 5 heteroatoms. The van der Waals surface area contributed by atoms with Crippen molar-refractivity contribution < 1.29 is 4.79 Å². The van der Waals surface area contributed by atoms with Crippen LogP contribution in [0.3, 0.4) is 0 Å². The average molecular weight is 331 g/mol. The van der Waals surface area contributed by atoms with E-state index in [4.69, 9.17) is 0 Å². The van der Waals surface area contributed by atoms with Crippen LogP contribution in [0.5, 0.6) is 0 Å². The Kier molecular flexibility index (Phi) is 5.62. The Hall–Kier alpha value is -1.46. The second-order valence-corrected chi connectivity index (χ2v) is 7.19. The summed E-state index contributed by atoms with van der Waals surface area (Å²) in [6.45, 7) is 3.88. The number of nitrogens with one attached hydrogen (secondary N) is 3. The maximum Gasteiger partial charge on any atom is 0.221 e. The minimum absolute atomic E-state index is 0.152. The molecule has 1 aliphatic heterocycles. The molecule has 1 aliphatic rings. The molecule has 3 N–H and O–H groups in total. The molecule has 0 saturated carbocycles. The van der Waals surface area contributed by atoms with Crippen molar-refractivity contribution in [1.29, 1.82) is 0 Å². The van der Waals surface area contributed by atoms with Gasteiger partial charge in [0, 0.05) is 54.2 Å². The molecule has 1 amide bonds. The largest absolute Gasteiger partial charge is 0.361 e. The summed E-state index contributed by atoms with van der Waals surface area (Å²) in [4.78, 5) is 15.4. The lowest BCUT2D eigenvalue weighted by molar-refractivity contribution is -0.121.